The van der Waals surface area contributed by atoms with Gasteiger partial charge >= 0.3 is 6.09 Å². The molecule has 3 amide bonds. The number of carboxylic acid groups (broad SMARTS) is 1. The van der Waals surface area contributed by atoms with Gasteiger partial charge in [0.25, 0.3) is 0 Å². The van der Waals surface area contributed by atoms with Crippen LogP contribution in [0.3, 0.4) is 0 Å². The summed E-state index contributed by atoms with van der Waals surface area (Å²) in [4.78, 5) is 40.6. The first-order valence-corrected chi connectivity index (χ1v) is 11.1. The van der Waals surface area contributed by atoms with Gasteiger partial charge in [-0.2, -0.15) is 0 Å². The molecule has 3 heterocycles. The Morgan fingerprint density at radius 1 is 1.12 bits per heavy atom. The molecule has 2 atom stereocenters. The lowest BCUT2D eigenvalue weighted by atomic mass is 9.85. The smallest absolute Gasteiger partial charge is 0.404 e. The van der Waals surface area contributed by atoms with Crippen molar-refractivity contribution in [2.45, 2.75) is 25.7 Å². The Bertz CT molecular complexity index is 865. The van der Waals surface area contributed by atoms with E-state index in [1.54, 1.807) is 12.1 Å². The van der Waals surface area contributed by atoms with Crippen LogP contribution in [0, 0.1) is 23.1 Å². The zero-order chi connectivity index (χ0) is 22.9. The van der Waals surface area contributed by atoms with E-state index in [2.05, 4.69) is 5.32 Å². The first-order valence-electron chi connectivity index (χ1n) is 11.1. The molecule has 0 radical (unpaired) electrons. The topological polar surface area (TPSA) is 99.2 Å². The minimum absolute atomic E-state index is 0.0558. The second-order valence-electron chi connectivity index (χ2n) is 9.47. The molecule has 0 spiro atoms. The van der Waals surface area contributed by atoms with Crippen molar-refractivity contribution in [3.63, 3.8) is 0 Å². The molecule has 174 valence electrons. The van der Waals surface area contributed by atoms with E-state index in [4.69, 9.17) is 9.84 Å². The Labute approximate surface area is 186 Å². The summed E-state index contributed by atoms with van der Waals surface area (Å²) in [7, 11) is 0. The molecule has 32 heavy (non-hydrogen) atoms. The van der Waals surface area contributed by atoms with Crippen LogP contribution in [0.15, 0.2) is 24.3 Å². The largest absolute Gasteiger partial charge is 0.465 e. The Morgan fingerprint density at radius 2 is 1.78 bits per heavy atom. The minimum atomic E-state index is -1.10. The van der Waals surface area contributed by atoms with E-state index in [0.717, 1.165) is 5.56 Å². The van der Waals surface area contributed by atoms with E-state index in [1.165, 1.54) is 12.1 Å². The number of halogens is 1. The van der Waals surface area contributed by atoms with Crippen LogP contribution in [0.2, 0.25) is 0 Å². The predicted molar refractivity (Wildman–Crippen MR) is 113 cm³/mol. The average Bonchev–Trinajstić information content (AvgIpc) is 3.20. The fourth-order valence-electron chi connectivity index (χ4n) is 5.07. The summed E-state index contributed by atoms with van der Waals surface area (Å²) < 4.78 is 18.6. The summed E-state index contributed by atoms with van der Waals surface area (Å²) in [6, 6.07) is 6.19. The number of piperidine rings is 1. The van der Waals surface area contributed by atoms with Crippen molar-refractivity contribution >= 4 is 17.9 Å². The van der Waals surface area contributed by atoms with Crippen LogP contribution in [0.4, 0.5) is 9.18 Å². The maximum Gasteiger partial charge on any atom is 0.404 e. The highest BCUT2D eigenvalue weighted by molar-refractivity contribution is 5.84. The summed E-state index contributed by atoms with van der Waals surface area (Å²) in [5.41, 5.74) is 0.466. The number of nitrogens with zero attached hydrogens (tertiary/aromatic N) is 2. The number of carbonyl (C=O) groups excluding carboxylic acids is 2. The zero-order valence-corrected chi connectivity index (χ0v) is 18.3. The Morgan fingerprint density at radius 3 is 2.34 bits per heavy atom. The van der Waals surface area contributed by atoms with Gasteiger partial charge in [0.15, 0.2) is 0 Å². The Hall–Kier alpha value is -2.68. The fourth-order valence-corrected chi connectivity index (χ4v) is 5.07. The van der Waals surface area contributed by atoms with E-state index in [0.29, 0.717) is 52.2 Å². The molecule has 1 aromatic carbocycles. The van der Waals surface area contributed by atoms with Crippen molar-refractivity contribution in [1.29, 1.82) is 0 Å². The van der Waals surface area contributed by atoms with Crippen molar-refractivity contribution in [3.05, 3.63) is 35.6 Å². The average molecular weight is 448 g/mol. The summed E-state index contributed by atoms with van der Waals surface area (Å²) in [6.07, 6.45) is 0.143. The van der Waals surface area contributed by atoms with E-state index in [-0.39, 0.29) is 41.9 Å². The number of benzene rings is 1. The summed E-state index contributed by atoms with van der Waals surface area (Å²) in [5.74, 6) is -0.465. The monoisotopic (exact) mass is 447 g/mol. The third-order valence-electron chi connectivity index (χ3n) is 7.06. The van der Waals surface area contributed by atoms with E-state index in [1.807, 2.05) is 16.7 Å². The lowest BCUT2D eigenvalue weighted by molar-refractivity contribution is -0.170. The number of hydrogen-bond donors (Lipinski definition) is 2. The first-order chi connectivity index (χ1) is 15.3. The van der Waals surface area contributed by atoms with Crippen molar-refractivity contribution in [3.8, 4) is 0 Å². The van der Waals surface area contributed by atoms with Gasteiger partial charge in [-0.1, -0.05) is 12.1 Å². The molecule has 0 saturated carbocycles. The number of nitrogens with one attached hydrogen (secondary N) is 1. The lowest BCUT2D eigenvalue weighted by Gasteiger charge is -2.42. The van der Waals surface area contributed by atoms with Crippen LogP contribution >= 0.6 is 0 Å². The normalized spacial score (nSPS) is 25.3. The van der Waals surface area contributed by atoms with E-state index >= 15 is 0 Å². The Kier molecular flexibility index (Phi) is 6.37. The van der Waals surface area contributed by atoms with Crippen LogP contribution < -0.4 is 5.32 Å². The molecule has 4 rings (SSSR count). The first kappa shape index (κ1) is 22.5. The molecule has 3 fully saturated rings. The molecule has 9 heteroatoms. The van der Waals surface area contributed by atoms with Crippen LogP contribution in [-0.4, -0.2) is 78.8 Å². The summed E-state index contributed by atoms with van der Waals surface area (Å²) in [5, 5.41) is 11.4. The van der Waals surface area contributed by atoms with Gasteiger partial charge in [0.2, 0.25) is 11.8 Å². The van der Waals surface area contributed by atoms with Gasteiger partial charge in [0.05, 0.1) is 18.6 Å². The summed E-state index contributed by atoms with van der Waals surface area (Å²) >= 11 is 0. The van der Waals surface area contributed by atoms with Gasteiger partial charge in [-0.15, -0.1) is 0 Å². The maximum absolute atomic E-state index is 13.4. The second-order valence-corrected chi connectivity index (χ2v) is 9.47. The van der Waals surface area contributed by atoms with Crippen molar-refractivity contribution in [2.24, 2.45) is 17.3 Å². The zero-order valence-electron chi connectivity index (χ0n) is 18.3. The number of hydrogen-bond acceptors (Lipinski definition) is 4. The second kappa shape index (κ2) is 9.05. The quantitative estimate of drug-likeness (QED) is 0.719. The van der Waals surface area contributed by atoms with Crippen LogP contribution in [0.1, 0.15) is 31.2 Å². The molecule has 2 N–H and O–H groups in total. The maximum atomic E-state index is 13.4. The number of amides is 3. The van der Waals surface area contributed by atoms with Crippen LogP contribution in [0.25, 0.3) is 0 Å². The molecule has 0 aromatic heterocycles. The van der Waals surface area contributed by atoms with Gasteiger partial charge in [-0.25, -0.2) is 9.18 Å². The molecule has 3 saturated heterocycles. The lowest BCUT2D eigenvalue weighted by Crippen LogP contribution is -2.55. The van der Waals surface area contributed by atoms with E-state index < -0.39 is 11.5 Å². The number of ether oxygens (including phenoxy) is 1. The van der Waals surface area contributed by atoms with Gasteiger partial charge in [0.1, 0.15) is 5.82 Å². The fraction of sp³-hybridized carbons (Fsp3) is 0.609. The molecule has 3 aliphatic heterocycles. The van der Waals surface area contributed by atoms with Crippen molar-refractivity contribution in [1.82, 2.24) is 15.1 Å². The minimum Gasteiger partial charge on any atom is -0.465 e. The highest BCUT2D eigenvalue weighted by Gasteiger charge is 2.45. The summed E-state index contributed by atoms with van der Waals surface area (Å²) in [6.45, 7) is 5.11. The third kappa shape index (κ3) is 4.57. The molecule has 0 bridgehead atoms. The van der Waals surface area contributed by atoms with Crippen LogP contribution in [-0.2, 0) is 14.3 Å². The molecule has 0 unspecified atom stereocenters. The third-order valence-corrected chi connectivity index (χ3v) is 7.06. The number of carbonyl (C=O) groups is 3. The van der Waals surface area contributed by atoms with Gasteiger partial charge in [-0.05, 0) is 37.5 Å². The molecule has 3 aliphatic rings. The standard InChI is InChI=1S/C23H30FN3O5/c1-23(13-32-14-23)21(29)26-8-6-16(7-9-26)20(28)27-11-17(10-25-22(30)31)19(12-27)15-2-4-18(24)5-3-15/h2-5,16-17,19,25H,6-14H2,1H3,(H,30,31)/t17-,19-/m0/s1. The van der Waals surface area contributed by atoms with Gasteiger partial charge < -0.3 is 25.0 Å². The molecular weight excluding hydrogens is 417 g/mol. The molecular formula is C23H30FN3O5. The SMILES string of the molecule is CC1(C(=O)N2CCC(C(=O)N3C[C@H](CNC(=O)O)[C@H](c4ccc(F)cc4)C3)CC2)COC1. The number of rotatable bonds is 5. The van der Waals surface area contributed by atoms with Gasteiger partial charge in [-0.3, -0.25) is 9.59 Å². The Balaban J connectivity index is 1.38. The number of likely N-dealkylation sites (tertiary alicyclic amines) is 2. The van der Waals surface area contributed by atoms with Crippen molar-refractivity contribution < 1.29 is 28.6 Å². The van der Waals surface area contributed by atoms with Crippen LogP contribution in [0.5, 0.6) is 0 Å². The van der Waals surface area contributed by atoms with Gasteiger partial charge in [0, 0.05) is 50.5 Å². The van der Waals surface area contributed by atoms with Crippen molar-refractivity contribution in [2.75, 3.05) is 45.9 Å². The molecule has 8 nitrogen and oxygen atoms in total. The molecule has 1 aromatic rings. The highest BCUT2D eigenvalue weighted by Crippen LogP contribution is 2.35. The van der Waals surface area contributed by atoms with E-state index in [9.17, 15) is 18.8 Å². The predicted octanol–water partition coefficient (Wildman–Crippen LogP) is 1.91. The molecule has 0 aliphatic carbocycles. The highest BCUT2D eigenvalue weighted by atomic mass is 19.1.